The maximum absolute atomic E-state index is 5.63. The zero-order valence-electron chi connectivity index (χ0n) is 17.1. The fourth-order valence-corrected chi connectivity index (χ4v) is 3.86. The molecule has 0 bridgehead atoms. The van der Waals surface area contributed by atoms with Gasteiger partial charge in [-0.3, -0.25) is 0 Å². The van der Waals surface area contributed by atoms with Crippen molar-refractivity contribution in [2.75, 3.05) is 20.8 Å². The van der Waals surface area contributed by atoms with E-state index in [0.717, 1.165) is 6.67 Å². The Bertz CT molecular complexity index is 666. The van der Waals surface area contributed by atoms with E-state index in [9.17, 15) is 0 Å². The van der Waals surface area contributed by atoms with Gasteiger partial charge in [0.15, 0.2) is 0 Å². The summed E-state index contributed by atoms with van der Waals surface area (Å²) in [6.45, 7) is 0.925. The van der Waals surface area contributed by atoms with E-state index in [-0.39, 0.29) is 69.0 Å². The summed E-state index contributed by atoms with van der Waals surface area (Å²) in [5.74, 6) is 0. The van der Waals surface area contributed by atoms with Crippen LogP contribution >= 0.6 is 0 Å². The molecular weight excluding hydrogens is 767 g/mol. The first-order valence-electron chi connectivity index (χ1n) is 9.70. The van der Waals surface area contributed by atoms with Gasteiger partial charge in [0, 0.05) is 20.1 Å². The van der Waals surface area contributed by atoms with Crippen LogP contribution in [0.1, 0.15) is 43.2 Å². The number of hydrogen-bond acceptors (Lipinski definition) is 3. The molecule has 6 heteroatoms. The summed E-state index contributed by atoms with van der Waals surface area (Å²) in [4.78, 5) is 4.61. The summed E-state index contributed by atoms with van der Waals surface area (Å²) in [7, 11) is 4.30. The molecule has 1 fully saturated rings. The van der Waals surface area contributed by atoms with Gasteiger partial charge in [0.1, 0.15) is 0 Å². The van der Waals surface area contributed by atoms with Crippen LogP contribution in [0.4, 0.5) is 0 Å². The molecule has 4 rings (SSSR count). The maximum atomic E-state index is 5.63. The zero-order chi connectivity index (χ0) is 18.4. The van der Waals surface area contributed by atoms with E-state index in [1.54, 1.807) is 0 Å². The van der Waals surface area contributed by atoms with E-state index in [1.807, 2.05) is 0 Å². The van der Waals surface area contributed by atoms with Crippen molar-refractivity contribution in [2.24, 2.45) is 5.73 Å². The number of benzene rings is 2. The standard InChI is InChI=1S/C17H18N2.C6H13N.2HI.Pt/c1-18-13-19(2)17(15-11-7-4-8-12-15)16(18)14-9-5-3-6-10-14;7-6-4-2-1-3-5-6;;;/h3-12H,13H2,1-2H3;6H,1-5,7H2;2*1H;/q;;;;+2/p-2. The van der Waals surface area contributed by atoms with Crippen molar-refractivity contribution in [3.05, 3.63) is 71.8 Å². The Hall–Kier alpha value is -0.112. The van der Waals surface area contributed by atoms with E-state index < -0.39 is 0 Å². The van der Waals surface area contributed by atoms with Gasteiger partial charge >= 0.3 is 21.1 Å². The molecule has 0 spiro atoms. The van der Waals surface area contributed by atoms with E-state index in [1.165, 1.54) is 54.6 Å². The molecule has 162 valence electrons. The molecule has 0 unspecified atom stereocenters. The topological polar surface area (TPSA) is 32.5 Å². The molecule has 2 N–H and O–H groups in total. The summed E-state index contributed by atoms with van der Waals surface area (Å²) in [5, 5.41) is 0. The monoisotopic (exact) mass is 798 g/mol. The molecular formula is C23H31I2N3Pt. The Kier molecular flexibility index (Phi) is 14.8. The number of rotatable bonds is 2. The average Bonchev–Trinajstić information content (AvgIpc) is 2.98. The van der Waals surface area contributed by atoms with Crippen LogP contribution in [0.2, 0.25) is 0 Å². The summed E-state index contributed by atoms with van der Waals surface area (Å²) >= 11 is 0. The third kappa shape index (κ3) is 8.15. The minimum absolute atomic E-state index is 0. The van der Waals surface area contributed by atoms with Crippen LogP contribution in [-0.2, 0) is 21.1 Å². The maximum Gasteiger partial charge on any atom is 2.00 e. The van der Waals surface area contributed by atoms with Crippen LogP contribution in [0.15, 0.2) is 60.7 Å². The molecule has 29 heavy (non-hydrogen) atoms. The first-order valence-corrected chi connectivity index (χ1v) is 9.70. The smallest absolute Gasteiger partial charge is 1.00 e. The van der Waals surface area contributed by atoms with Crippen LogP contribution in [0.3, 0.4) is 0 Å². The normalized spacial score (nSPS) is 16.1. The average molecular weight is 798 g/mol. The molecule has 1 aliphatic heterocycles. The zero-order valence-corrected chi connectivity index (χ0v) is 23.7. The summed E-state index contributed by atoms with van der Waals surface area (Å²) in [5.41, 5.74) is 10.8. The molecule has 2 aliphatic rings. The van der Waals surface area contributed by atoms with Crippen molar-refractivity contribution >= 4 is 11.4 Å². The summed E-state index contributed by atoms with van der Waals surface area (Å²) < 4.78 is 0. The van der Waals surface area contributed by atoms with Gasteiger partial charge in [-0.2, -0.15) is 0 Å². The van der Waals surface area contributed by atoms with Gasteiger partial charge in [0.05, 0.1) is 18.1 Å². The van der Waals surface area contributed by atoms with Crippen molar-refractivity contribution in [2.45, 2.75) is 38.1 Å². The Labute approximate surface area is 224 Å². The van der Waals surface area contributed by atoms with Crippen molar-refractivity contribution in [3.63, 3.8) is 0 Å². The third-order valence-corrected chi connectivity index (χ3v) is 5.16. The van der Waals surface area contributed by atoms with E-state index in [4.69, 9.17) is 5.73 Å². The van der Waals surface area contributed by atoms with Crippen molar-refractivity contribution in [3.8, 4) is 0 Å². The van der Waals surface area contributed by atoms with E-state index in [0.29, 0.717) is 6.04 Å². The van der Waals surface area contributed by atoms with Gasteiger partial charge in [-0.25, -0.2) is 0 Å². The van der Waals surface area contributed by atoms with Gasteiger partial charge in [0.25, 0.3) is 0 Å². The molecule has 1 heterocycles. The predicted octanol–water partition coefficient (Wildman–Crippen LogP) is -1.37. The van der Waals surface area contributed by atoms with Crippen LogP contribution in [-0.4, -0.2) is 36.6 Å². The summed E-state index contributed by atoms with van der Waals surface area (Å²) in [6, 6.07) is 21.7. The van der Waals surface area contributed by atoms with Gasteiger partial charge in [0.2, 0.25) is 0 Å². The Morgan fingerprint density at radius 2 is 1.07 bits per heavy atom. The Morgan fingerprint density at radius 3 is 1.38 bits per heavy atom. The van der Waals surface area contributed by atoms with Crippen LogP contribution in [0.25, 0.3) is 11.4 Å². The van der Waals surface area contributed by atoms with Crippen molar-refractivity contribution in [1.29, 1.82) is 0 Å². The predicted molar refractivity (Wildman–Crippen MR) is 111 cm³/mol. The molecule has 0 radical (unpaired) electrons. The number of halogens is 2. The van der Waals surface area contributed by atoms with Gasteiger partial charge in [-0.05, 0) is 24.0 Å². The molecule has 2 aromatic carbocycles. The second-order valence-corrected chi connectivity index (χ2v) is 7.36. The SMILES string of the molecule is CN1CN(C)C(c2ccccc2)=C1c1ccccc1.NC1CCCCC1.[I-].[I-].[Pt+2]. The number of nitrogens with two attached hydrogens (primary N) is 1. The van der Waals surface area contributed by atoms with Crippen LogP contribution in [0.5, 0.6) is 0 Å². The number of nitrogens with zero attached hydrogens (tertiary/aromatic N) is 2. The second kappa shape index (κ2) is 14.8. The van der Waals surface area contributed by atoms with E-state index >= 15 is 0 Å². The molecule has 0 aromatic heterocycles. The fraction of sp³-hybridized carbons (Fsp3) is 0.391. The largest absolute Gasteiger partial charge is 2.00 e. The molecule has 1 aliphatic carbocycles. The van der Waals surface area contributed by atoms with Gasteiger partial charge in [-0.1, -0.05) is 79.9 Å². The van der Waals surface area contributed by atoms with Crippen molar-refractivity contribution < 1.29 is 69.0 Å². The third-order valence-electron chi connectivity index (χ3n) is 5.16. The molecule has 0 atom stereocenters. The Balaban J connectivity index is 0.000000677. The molecule has 1 saturated carbocycles. The first kappa shape index (κ1) is 28.9. The molecule has 0 saturated heterocycles. The fourth-order valence-electron chi connectivity index (χ4n) is 3.86. The van der Waals surface area contributed by atoms with Gasteiger partial charge < -0.3 is 63.5 Å². The second-order valence-electron chi connectivity index (χ2n) is 7.36. The minimum atomic E-state index is 0. The van der Waals surface area contributed by atoms with E-state index in [2.05, 4.69) is 84.6 Å². The molecule has 2 aromatic rings. The number of hydrogen-bond donors (Lipinski definition) is 1. The van der Waals surface area contributed by atoms with Crippen molar-refractivity contribution in [1.82, 2.24) is 9.80 Å². The minimum Gasteiger partial charge on any atom is -1.00 e. The first-order chi connectivity index (χ1) is 12.7. The van der Waals surface area contributed by atoms with Gasteiger partial charge in [-0.15, -0.1) is 0 Å². The van der Waals surface area contributed by atoms with Crippen LogP contribution < -0.4 is 53.7 Å². The molecule has 3 nitrogen and oxygen atoms in total. The quantitative estimate of drug-likeness (QED) is 0.382. The Morgan fingerprint density at radius 1 is 0.690 bits per heavy atom. The molecule has 0 amide bonds. The summed E-state index contributed by atoms with van der Waals surface area (Å²) in [6.07, 6.45) is 6.66. The van der Waals surface area contributed by atoms with Crippen LogP contribution in [0, 0.1) is 0 Å².